The van der Waals surface area contributed by atoms with Gasteiger partial charge in [0.05, 0.1) is 11.5 Å². The third-order valence-corrected chi connectivity index (χ3v) is 3.34. The third-order valence-electron chi connectivity index (χ3n) is 3.34. The Morgan fingerprint density at radius 3 is 2.67 bits per heavy atom. The molecule has 4 nitrogen and oxygen atoms in total. The van der Waals surface area contributed by atoms with Crippen molar-refractivity contribution in [3.63, 3.8) is 0 Å². The summed E-state index contributed by atoms with van der Waals surface area (Å²) in [5.41, 5.74) is -0.734. The minimum absolute atomic E-state index is 0.0697. The van der Waals surface area contributed by atoms with Crippen LogP contribution < -0.4 is 10.6 Å². The Balaban J connectivity index is 2.32. The quantitative estimate of drug-likeness (QED) is 0.615. The maximum atomic E-state index is 11.7. The van der Waals surface area contributed by atoms with E-state index in [1.54, 1.807) is 0 Å². The van der Waals surface area contributed by atoms with Gasteiger partial charge in [-0.05, 0) is 25.8 Å². The molecular formula is C11H22N2O2. The molecule has 1 rings (SSSR count). The Labute approximate surface area is 91.4 Å². The van der Waals surface area contributed by atoms with Crippen molar-refractivity contribution in [1.29, 1.82) is 0 Å². The van der Waals surface area contributed by atoms with Gasteiger partial charge in [-0.25, -0.2) is 0 Å². The summed E-state index contributed by atoms with van der Waals surface area (Å²) >= 11 is 0. The van der Waals surface area contributed by atoms with Crippen LogP contribution in [0.4, 0.5) is 0 Å². The highest BCUT2D eigenvalue weighted by molar-refractivity contribution is 5.79. The SMILES string of the molecule is CCC(O)(CC)CNC(=O)C1CCNC1. The molecule has 1 aliphatic heterocycles. The predicted molar refractivity (Wildman–Crippen MR) is 59.5 cm³/mol. The molecule has 1 unspecified atom stereocenters. The lowest BCUT2D eigenvalue weighted by Gasteiger charge is -2.26. The Morgan fingerprint density at radius 2 is 2.20 bits per heavy atom. The van der Waals surface area contributed by atoms with Crippen LogP contribution in [-0.2, 0) is 4.79 Å². The van der Waals surface area contributed by atoms with Crippen molar-refractivity contribution in [2.75, 3.05) is 19.6 Å². The molecule has 1 saturated heterocycles. The highest BCUT2D eigenvalue weighted by atomic mass is 16.3. The molecule has 0 aromatic carbocycles. The Kier molecular flexibility index (Phi) is 4.54. The molecule has 1 fully saturated rings. The van der Waals surface area contributed by atoms with Gasteiger partial charge in [0.15, 0.2) is 0 Å². The number of carbonyl (C=O) groups excluding carboxylic acids is 1. The van der Waals surface area contributed by atoms with Crippen molar-refractivity contribution in [2.45, 2.75) is 38.7 Å². The lowest BCUT2D eigenvalue weighted by atomic mass is 9.97. The summed E-state index contributed by atoms with van der Waals surface area (Å²) in [7, 11) is 0. The topological polar surface area (TPSA) is 61.4 Å². The highest BCUT2D eigenvalue weighted by Gasteiger charge is 2.26. The zero-order valence-electron chi connectivity index (χ0n) is 9.68. The van der Waals surface area contributed by atoms with E-state index in [0.717, 1.165) is 19.5 Å². The van der Waals surface area contributed by atoms with Crippen molar-refractivity contribution in [3.8, 4) is 0 Å². The van der Waals surface area contributed by atoms with E-state index in [2.05, 4.69) is 10.6 Å². The fourth-order valence-corrected chi connectivity index (χ4v) is 1.77. The van der Waals surface area contributed by atoms with Crippen molar-refractivity contribution >= 4 is 5.91 Å². The maximum absolute atomic E-state index is 11.7. The van der Waals surface area contributed by atoms with E-state index in [4.69, 9.17) is 0 Å². The summed E-state index contributed by atoms with van der Waals surface area (Å²) in [5.74, 6) is 0.156. The largest absolute Gasteiger partial charge is 0.388 e. The van der Waals surface area contributed by atoms with Crippen LogP contribution in [0.15, 0.2) is 0 Å². The predicted octanol–water partition coefficient (Wildman–Crippen LogP) is 0.263. The molecule has 15 heavy (non-hydrogen) atoms. The molecule has 4 heteroatoms. The van der Waals surface area contributed by atoms with Crippen LogP contribution in [0.2, 0.25) is 0 Å². The van der Waals surface area contributed by atoms with Crippen LogP contribution in [0.1, 0.15) is 33.1 Å². The molecule has 1 atom stereocenters. The van der Waals surface area contributed by atoms with E-state index in [9.17, 15) is 9.90 Å². The highest BCUT2D eigenvalue weighted by Crippen LogP contribution is 2.14. The molecule has 3 N–H and O–H groups in total. The van der Waals surface area contributed by atoms with E-state index in [1.165, 1.54) is 0 Å². The molecule has 0 spiro atoms. The van der Waals surface area contributed by atoms with Crippen LogP contribution in [-0.4, -0.2) is 36.2 Å². The van der Waals surface area contributed by atoms with Crippen LogP contribution in [0, 0.1) is 5.92 Å². The van der Waals surface area contributed by atoms with Gasteiger partial charge >= 0.3 is 0 Å². The lowest BCUT2D eigenvalue weighted by molar-refractivity contribution is -0.125. The first-order chi connectivity index (χ1) is 7.11. The normalized spacial score (nSPS) is 21.7. The lowest BCUT2D eigenvalue weighted by Crippen LogP contribution is -2.44. The second-order valence-corrected chi connectivity index (χ2v) is 4.34. The van der Waals surface area contributed by atoms with Crippen molar-refractivity contribution in [2.24, 2.45) is 5.92 Å². The summed E-state index contributed by atoms with van der Waals surface area (Å²) in [4.78, 5) is 11.7. The number of aliphatic hydroxyl groups is 1. The summed E-state index contributed by atoms with van der Waals surface area (Å²) < 4.78 is 0. The molecule has 0 aromatic heterocycles. The molecule has 0 saturated carbocycles. The van der Waals surface area contributed by atoms with Gasteiger partial charge in [-0.15, -0.1) is 0 Å². The van der Waals surface area contributed by atoms with E-state index >= 15 is 0 Å². The minimum atomic E-state index is -0.734. The van der Waals surface area contributed by atoms with E-state index in [1.807, 2.05) is 13.8 Å². The fraction of sp³-hybridized carbons (Fsp3) is 0.909. The first-order valence-corrected chi connectivity index (χ1v) is 5.82. The third kappa shape index (κ3) is 3.47. The Morgan fingerprint density at radius 1 is 1.53 bits per heavy atom. The molecule has 0 radical (unpaired) electrons. The molecule has 1 amide bonds. The molecule has 1 aliphatic rings. The van der Waals surface area contributed by atoms with Gasteiger partial charge in [-0.1, -0.05) is 13.8 Å². The molecule has 1 heterocycles. The summed E-state index contributed by atoms with van der Waals surface area (Å²) in [5, 5.41) is 16.0. The zero-order chi connectivity index (χ0) is 11.3. The van der Waals surface area contributed by atoms with Crippen LogP contribution in [0.3, 0.4) is 0 Å². The number of amides is 1. The molecule has 0 bridgehead atoms. The van der Waals surface area contributed by atoms with Crippen molar-refractivity contribution in [1.82, 2.24) is 10.6 Å². The monoisotopic (exact) mass is 214 g/mol. The van der Waals surface area contributed by atoms with Gasteiger partial charge in [0.2, 0.25) is 5.91 Å². The Bertz CT molecular complexity index is 209. The number of hydrogen-bond acceptors (Lipinski definition) is 3. The number of carbonyl (C=O) groups is 1. The second kappa shape index (κ2) is 5.47. The van der Waals surface area contributed by atoms with Crippen LogP contribution >= 0.6 is 0 Å². The average Bonchev–Trinajstić information content (AvgIpc) is 2.79. The average molecular weight is 214 g/mol. The standard InChI is InChI=1S/C11H22N2O2/c1-3-11(15,4-2)8-13-10(14)9-5-6-12-7-9/h9,12,15H,3-8H2,1-2H3,(H,13,14). The van der Waals surface area contributed by atoms with Gasteiger partial charge in [-0.3, -0.25) is 4.79 Å². The smallest absolute Gasteiger partial charge is 0.224 e. The fourth-order valence-electron chi connectivity index (χ4n) is 1.77. The van der Waals surface area contributed by atoms with Gasteiger partial charge < -0.3 is 15.7 Å². The summed E-state index contributed by atoms with van der Waals surface area (Å²) in [6.07, 6.45) is 2.25. The van der Waals surface area contributed by atoms with E-state index < -0.39 is 5.60 Å². The minimum Gasteiger partial charge on any atom is -0.388 e. The number of nitrogens with one attached hydrogen (secondary N) is 2. The second-order valence-electron chi connectivity index (χ2n) is 4.34. The van der Waals surface area contributed by atoms with Crippen LogP contribution in [0.5, 0.6) is 0 Å². The first kappa shape index (κ1) is 12.5. The van der Waals surface area contributed by atoms with Crippen molar-refractivity contribution in [3.05, 3.63) is 0 Å². The molecule has 0 aliphatic carbocycles. The van der Waals surface area contributed by atoms with E-state index in [0.29, 0.717) is 19.4 Å². The summed E-state index contributed by atoms with van der Waals surface area (Å²) in [6.45, 7) is 5.93. The van der Waals surface area contributed by atoms with E-state index in [-0.39, 0.29) is 11.8 Å². The van der Waals surface area contributed by atoms with Gasteiger partial charge in [0, 0.05) is 13.1 Å². The number of rotatable bonds is 5. The molecule has 0 aromatic rings. The summed E-state index contributed by atoms with van der Waals surface area (Å²) in [6, 6.07) is 0. The van der Waals surface area contributed by atoms with Gasteiger partial charge in [-0.2, -0.15) is 0 Å². The van der Waals surface area contributed by atoms with Crippen LogP contribution in [0.25, 0.3) is 0 Å². The first-order valence-electron chi connectivity index (χ1n) is 5.82. The molecule has 88 valence electrons. The molecular weight excluding hydrogens is 192 g/mol. The van der Waals surface area contributed by atoms with Gasteiger partial charge in [0.1, 0.15) is 0 Å². The number of hydrogen-bond donors (Lipinski definition) is 3. The zero-order valence-corrected chi connectivity index (χ0v) is 9.68. The van der Waals surface area contributed by atoms with Gasteiger partial charge in [0.25, 0.3) is 0 Å². The maximum Gasteiger partial charge on any atom is 0.224 e. The Hall–Kier alpha value is -0.610. The van der Waals surface area contributed by atoms with Crippen molar-refractivity contribution < 1.29 is 9.90 Å².